The van der Waals surface area contributed by atoms with Crippen molar-refractivity contribution in [1.29, 1.82) is 5.26 Å². The molecule has 0 radical (unpaired) electrons. The van der Waals surface area contributed by atoms with Crippen molar-refractivity contribution in [2.75, 3.05) is 31.3 Å². The number of hydrogen-bond donors (Lipinski definition) is 0. The van der Waals surface area contributed by atoms with Crippen molar-refractivity contribution in [3.8, 4) is 6.07 Å². The molecule has 2 aliphatic rings. The molecule has 9 nitrogen and oxygen atoms in total. The molecule has 0 aliphatic carbocycles. The van der Waals surface area contributed by atoms with Crippen molar-refractivity contribution < 1.29 is 23.9 Å². The number of carbonyl (C=O) groups is 3. The van der Waals surface area contributed by atoms with E-state index in [1.54, 1.807) is 49.6 Å². The summed E-state index contributed by atoms with van der Waals surface area (Å²) in [5.41, 5.74) is 0.123. The van der Waals surface area contributed by atoms with Crippen LogP contribution in [0.4, 0.5) is 4.79 Å². The molecule has 0 spiro atoms. The van der Waals surface area contributed by atoms with Gasteiger partial charge in [-0.1, -0.05) is 12.1 Å². The van der Waals surface area contributed by atoms with Crippen LogP contribution in [0.1, 0.15) is 59.1 Å². The fraction of sp³-hybridized carbons (Fsp3) is 0.630. The van der Waals surface area contributed by atoms with Crippen molar-refractivity contribution in [3.05, 3.63) is 35.4 Å². The zero-order chi connectivity index (χ0) is 27.4. The largest absolute Gasteiger partial charge is 0.459 e. The minimum Gasteiger partial charge on any atom is -0.459 e. The summed E-state index contributed by atoms with van der Waals surface area (Å²) in [6, 6.07) is 8.36. The minimum absolute atomic E-state index is 0.00454. The summed E-state index contributed by atoms with van der Waals surface area (Å²) in [5.74, 6) is 1.01. The number of nitriles is 1. The molecule has 0 aromatic heterocycles. The molecule has 2 atom stereocenters. The van der Waals surface area contributed by atoms with Gasteiger partial charge < -0.3 is 14.4 Å². The molecule has 0 unspecified atom stereocenters. The van der Waals surface area contributed by atoms with Crippen molar-refractivity contribution in [2.24, 2.45) is 0 Å². The van der Waals surface area contributed by atoms with Gasteiger partial charge in [0.05, 0.1) is 24.1 Å². The number of esters is 1. The quantitative estimate of drug-likeness (QED) is 0.514. The van der Waals surface area contributed by atoms with Gasteiger partial charge in [-0.3, -0.25) is 19.4 Å². The van der Waals surface area contributed by atoms with Crippen LogP contribution in [0.3, 0.4) is 0 Å². The molecule has 2 heterocycles. The second-order valence-electron chi connectivity index (χ2n) is 11.5. The van der Waals surface area contributed by atoms with Gasteiger partial charge in [-0.05, 0) is 65.7 Å². The fourth-order valence-electron chi connectivity index (χ4n) is 4.41. The van der Waals surface area contributed by atoms with E-state index in [2.05, 4.69) is 6.07 Å². The summed E-state index contributed by atoms with van der Waals surface area (Å²) in [5, 5.41) is 9.13. The van der Waals surface area contributed by atoms with Crippen LogP contribution in [-0.4, -0.2) is 87.2 Å². The van der Waals surface area contributed by atoms with Gasteiger partial charge in [-0.15, -0.1) is 11.8 Å². The van der Waals surface area contributed by atoms with E-state index < -0.39 is 23.3 Å². The molecular weight excluding hydrogens is 492 g/mol. The van der Waals surface area contributed by atoms with Crippen molar-refractivity contribution in [3.63, 3.8) is 0 Å². The van der Waals surface area contributed by atoms with E-state index in [1.165, 1.54) is 4.90 Å². The number of amides is 2. The lowest BCUT2D eigenvalue weighted by Gasteiger charge is -2.30. The zero-order valence-electron chi connectivity index (χ0n) is 22.7. The first-order chi connectivity index (χ1) is 17.3. The van der Waals surface area contributed by atoms with Crippen molar-refractivity contribution in [2.45, 2.75) is 77.8 Å². The predicted octanol–water partition coefficient (Wildman–Crippen LogP) is 3.61. The fourth-order valence-corrected chi connectivity index (χ4v) is 5.36. The normalized spacial score (nSPS) is 20.2. The number of likely N-dealkylation sites (tertiary alicyclic amines) is 1. The van der Waals surface area contributed by atoms with Gasteiger partial charge in [0.15, 0.2) is 0 Å². The van der Waals surface area contributed by atoms with E-state index in [9.17, 15) is 14.4 Å². The molecule has 0 bridgehead atoms. The predicted molar refractivity (Wildman–Crippen MR) is 142 cm³/mol. The molecule has 37 heavy (non-hydrogen) atoms. The molecule has 2 amide bonds. The summed E-state index contributed by atoms with van der Waals surface area (Å²) in [6.45, 7) is 12.2. The van der Waals surface area contributed by atoms with Gasteiger partial charge in [0.25, 0.3) is 0 Å². The Morgan fingerprint density at radius 2 is 1.73 bits per heavy atom. The molecule has 0 saturated carbocycles. The average molecular weight is 531 g/mol. The second-order valence-corrected chi connectivity index (χ2v) is 12.6. The van der Waals surface area contributed by atoms with Crippen LogP contribution in [0.5, 0.6) is 0 Å². The van der Waals surface area contributed by atoms with Gasteiger partial charge in [0, 0.05) is 31.4 Å². The Balaban J connectivity index is 1.87. The van der Waals surface area contributed by atoms with Crippen LogP contribution in [0.25, 0.3) is 0 Å². The Labute approximate surface area is 224 Å². The zero-order valence-corrected chi connectivity index (χ0v) is 23.5. The van der Waals surface area contributed by atoms with Crippen LogP contribution in [0.15, 0.2) is 24.3 Å². The highest BCUT2D eigenvalue weighted by Crippen LogP contribution is 2.29. The summed E-state index contributed by atoms with van der Waals surface area (Å²) >= 11 is 1.69. The van der Waals surface area contributed by atoms with Crippen LogP contribution in [0, 0.1) is 11.3 Å². The van der Waals surface area contributed by atoms with Crippen LogP contribution in [0.2, 0.25) is 0 Å². The van der Waals surface area contributed by atoms with Crippen LogP contribution < -0.4 is 0 Å². The maximum absolute atomic E-state index is 13.5. The standard InChI is InChI=1S/C27H38N4O5S/c1-26(2,3)35-23(32)17-30(15-20-9-7-19(14-28)8-10-20)21-13-22(24(33)29-11-12-37-18-29)31(16-21)25(34)36-27(4,5)6/h7-10,21-22H,11-13,15-18H2,1-6H3/t21-,22-/m0/s1. The Morgan fingerprint density at radius 3 is 2.27 bits per heavy atom. The molecular formula is C27H38N4O5S. The number of thioether (sulfide) groups is 1. The van der Waals surface area contributed by atoms with Gasteiger partial charge in [0.2, 0.25) is 5.91 Å². The summed E-state index contributed by atoms with van der Waals surface area (Å²) in [4.78, 5) is 44.8. The SMILES string of the molecule is CC(C)(C)OC(=O)CN(Cc1ccc(C#N)cc1)[C@H]1C[C@@H](C(=O)N2CCSC2)N(C(=O)OC(C)(C)C)C1. The van der Waals surface area contributed by atoms with E-state index in [-0.39, 0.29) is 31.0 Å². The summed E-state index contributed by atoms with van der Waals surface area (Å²) in [7, 11) is 0. The van der Waals surface area contributed by atoms with Crippen molar-refractivity contribution in [1.82, 2.24) is 14.7 Å². The van der Waals surface area contributed by atoms with Crippen LogP contribution >= 0.6 is 11.8 Å². The maximum atomic E-state index is 13.5. The van der Waals surface area contributed by atoms with E-state index in [1.807, 2.05) is 37.8 Å². The second kappa shape index (κ2) is 11.7. The molecule has 2 saturated heterocycles. The first-order valence-electron chi connectivity index (χ1n) is 12.6. The lowest BCUT2D eigenvalue weighted by molar-refractivity contribution is -0.156. The lowest BCUT2D eigenvalue weighted by Crippen LogP contribution is -2.48. The highest BCUT2D eigenvalue weighted by Gasteiger charge is 2.45. The Hall–Kier alpha value is -2.77. The number of benzene rings is 1. The number of ether oxygens (including phenoxy) is 2. The maximum Gasteiger partial charge on any atom is 0.411 e. The number of nitrogens with zero attached hydrogens (tertiary/aromatic N) is 4. The van der Waals surface area contributed by atoms with E-state index in [0.717, 1.165) is 11.3 Å². The molecule has 10 heteroatoms. The highest BCUT2D eigenvalue weighted by molar-refractivity contribution is 7.99. The molecule has 1 aromatic rings. The summed E-state index contributed by atoms with van der Waals surface area (Å²) in [6.07, 6.45) is -0.144. The van der Waals surface area contributed by atoms with Gasteiger partial charge in [-0.2, -0.15) is 5.26 Å². The molecule has 3 rings (SSSR count). The Bertz CT molecular complexity index is 1020. The van der Waals surface area contributed by atoms with E-state index >= 15 is 0 Å². The first-order valence-corrected chi connectivity index (χ1v) is 13.7. The summed E-state index contributed by atoms with van der Waals surface area (Å²) < 4.78 is 11.2. The topological polar surface area (TPSA) is 103 Å². The molecule has 2 fully saturated rings. The van der Waals surface area contributed by atoms with E-state index in [4.69, 9.17) is 14.7 Å². The van der Waals surface area contributed by atoms with Gasteiger partial charge >= 0.3 is 12.1 Å². The Morgan fingerprint density at radius 1 is 1.08 bits per heavy atom. The highest BCUT2D eigenvalue weighted by atomic mass is 32.2. The molecule has 0 N–H and O–H groups in total. The monoisotopic (exact) mass is 530 g/mol. The third-order valence-electron chi connectivity index (χ3n) is 5.99. The van der Waals surface area contributed by atoms with Gasteiger partial charge in [0.1, 0.15) is 17.2 Å². The van der Waals surface area contributed by atoms with E-state index in [0.29, 0.717) is 31.0 Å². The minimum atomic E-state index is -0.703. The Kier molecular flexibility index (Phi) is 9.13. The molecule has 1 aromatic carbocycles. The number of rotatable bonds is 6. The average Bonchev–Trinajstić information content (AvgIpc) is 3.47. The third-order valence-corrected chi connectivity index (χ3v) is 6.96. The number of hydrogen-bond acceptors (Lipinski definition) is 8. The van der Waals surface area contributed by atoms with Crippen LogP contribution in [-0.2, 0) is 25.6 Å². The number of carbonyl (C=O) groups excluding carboxylic acids is 3. The van der Waals surface area contributed by atoms with Gasteiger partial charge in [-0.25, -0.2) is 4.79 Å². The lowest BCUT2D eigenvalue weighted by atomic mass is 10.1. The molecule has 202 valence electrons. The smallest absolute Gasteiger partial charge is 0.411 e. The molecule has 2 aliphatic heterocycles. The first kappa shape index (κ1) is 28.8. The van der Waals surface area contributed by atoms with Crippen molar-refractivity contribution >= 4 is 29.7 Å². The third kappa shape index (κ3) is 8.37.